The first kappa shape index (κ1) is 12.7. The second kappa shape index (κ2) is 4.67. The molecular formula is C14H26O. The number of hydrogen-bond acceptors (Lipinski definition) is 1. The van der Waals surface area contributed by atoms with Crippen molar-refractivity contribution in [2.45, 2.75) is 60.3 Å². The van der Waals surface area contributed by atoms with Gasteiger partial charge in [-0.05, 0) is 30.1 Å². The van der Waals surface area contributed by atoms with Gasteiger partial charge in [0, 0.05) is 12.3 Å². The zero-order chi connectivity index (χ0) is 11.6. The summed E-state index contributed by atoms with van der Waals surface area (Å²) in [6.45, 7) is 11.3. The molecule has 1 nitrogen and oxygen atoms in total. The Bertz CT molecular complexity index is 224. The number of hydrogen-bond donors (Lipinski definition) is 0. The normalized spacial score (nSPS) is 30.3. The van der Waals surface area contributed by atoms with Crippen molar-refractivity contribution in [1.82, 2.24) is 0 Å². The molecule has 3 atom stereocenters. The quantitative estimate of drug-likeness (QED) is 0.671. The van der Waals surface area contributed by atoms with Crippen molar-refractivity contribution in [1.29, 1.82) is 0 Å². The van der Waals surface area contributed by atoms with Crippen LogP contribution in [0.5, 0.6) is 0 Å². The van der Waals surface area contributed by atoms with Crippen molar-refractivity contribution in [3.8, 4) is 0 Å². The van der Waals surface area contributed by atoms with Crippen molar-refractivity contribution < 1.29 is 4.79 Å². The van der Waals surface area contributed by atoms with Crippen LogP contribution in [0, 0.1) is 23.2 Å². The van der Waals surface area contributed by atoms with E-state index in [0.29, 0.717) is 23.0 Å². The molecule has 88 valence electrons. The summed E-state index contributed by atoms with van der Waals surface area (Å²) in [5.41, 5.74) is 0.367. The Balaban J connectivity index is 2.68. The van der Waals surface area contributed by atoms with Gasteiger partial charge in [-0.3, -0.25) is 4.79 Å². The summed E-state index contributed by atoms with van der Waals surface area (Å²) < 4.78 is 0. The summed E-state index contributed by atoms with van der Waals surface area (Å²) in [5, 5.41) is 0. The number of rotatable bonds is 2. The van der Waals surface area contributed by atoms with E-state index in [2.05, 4.69) is 34.6 Å². The molecule has 0 amide bonds. The Morgan fingerprint density at radius 2 is 2.00 bits per heavy atom. The summed E-state index contributed by atoms with van der Waals surface area (Å²) in [5.74, 6) is 2.16. The fraction of sp³-hybridized carbons (Fsp3) is 0.929. The van der Waals surface area contributed by atoms with Crippen LogP contribution in [0.15, 0.2) is 0 Å². The predicted octanol–water partition coefficient (Wildman–Crippen LogP) is 4.06. The van der Waals surface area contributed by atoms with Crippen LogP contribution in [0.4, 0.5) is 0 Å². The average molecular weight is 210 g/mol. The van der Waals surface area contributed by atoms with Gasteiger partial charge in [-0.25, -0.2) is 0 Å². The zero-order valence-electron chi connectivity index (χ0n) is 11.0. The van der Waals surface area contributed by atoms with E-state index in [1.807, 2.05) is 0 Å². The van der Waals surface area contributed by atoms with E-state index < -0.39 is 0 Å². The minimum absolute atomic E-state index is 0.341. The average Bonchev–Trinajstić information content (AvgIpc) is 2.15. The summed E-state index contributed by atoms with van der Waals surface area (Å²) in [7, 11) is 0. The highest BCUT2D eigenvalue weighted by atomic mass is 16.1. The molecule has 3 unspecified atom stereocenters. The second-order valence-corrected chi connectivity index (χ2v) is 6.30. The van der Waals surface area contributed by atoms with E-state index in [4.69, 9.17) is 0 Å². The number of Topliss-reactive ketones (excluding diaryl/α,β-unsaturated/α-hetero) is 1. The number of carbonyl (C=O) groups is 1. The van der Waals surface area contributed by atoms with Gasteiger partial charge in [-0.2, -0.15) is 0 Å². The molecular weight excluding hydrogens is 184 g/mol. The van der Waals surface area contributed by atoms with Crippen LogP contribution >= 0.6 is 0 Å². The van der Waals surface area contributed by atoms with Crippen LogP contribution in [0.1, 0.15) is 60.3 Å². The molecule has 15 heavy (non-hydrogen) atoms. The predicted molar refractivity (Wildman–Crippen MR) is 64.7 cm³/mol. The Morgan fingerprint density at radius 3 is 2.47 bits per heavy atom. The van der Waals surface area contributed by atoms with E-state index in [1.165, 1.54) is 0 Å². The van der Waals surface area contributed by atoms with Crippen molar-refractivity contribution in [2.24, 2.45) is 23.2 Å². The van der Waals surface area contributed by atoms with Crippen LogP contribution in [-0.4, -0.2) is 5.78 Å². The minimum Gasteiger partial charge on any atom is -0.299 e. The lowest BCUT2D eigenvalue weighted by Gasteiger charge is -2.38. The topological polar surface area (TPSA) is 17.1 Å². The van der Waals surface area contributed by atoms with E-state index in [0.717, 1.165) is 31.6 Å². The molecule has 1 aliphatic rings. The summed E-state index contributed by atoms with van der Waals surface area (Å²) >= 11 is 0. The smallest absolute Gasteiger partial charge is 0.136 e. The van der Waals surface area contributed by atoms with Crippen molar-refractivity contribution in [3.05, 3.63) is 0 Å². The maximum atomic E-state index is 11.9. The molecule has 0 aromatic carbocycles. The zero-order valence-corrected chi connectivity index (χ0v) is 11.0. The van der Waals surface area contributed by atoms with Gasteiger partial charge in [0.15, 0.2) is 0 Å². The molecule has 0 aliphatic heterocycles. The molecule has 0 aromatic rings. The van der Waals surface area contributed by atoms with E-state index in [-0.39, 0.29) is 0 Å². The molecule has 0 spiro atoms. The van der Waals surface area contributed by atoms with Crippen LogP contribution < -0.4 is 0 Å². The monoisotopic (exact) mass is 210 g/mol. The van der Waals surface area contributed by atoms with Gasteiger partial charge in [-0.15, -0.1) is 0 Å². The molecule has 0 N–H and O–H groups in total. The lowest BCUT2D eigenvalue weighted by molar-refractivity contribution is -0.128. The minimum atomic E-state index is 0.341. The third kappa shape index (κ3) is 3.06. The van der Waals surface area contributed by atoms with Gasteiger partial charge in [0.2, 0.25) is 0 Å². The fourth-order valence-electron chi connectivity index (χ4n) is 2.68. The summed E-state index contributed by atoms with van der Waals surface area (Å²) in [6.07, 6.45) is 4.18. The highest BCUT2D eigenvalue weighted by Crippen LogP contribution is 2.41. The molecule has 1 aliphatic carbocycles. The molecule has 0 bridgehead atoms. The fourth-order valence-corrected chi connectivity index (χ4v) is 2.68. The molecule has 1 rings (SSSR count). The van der Waals surface area contributed by atoms with Crippen LogP contribution in [0.3, 0.4) is 0 Å². The maximum absolute atomic E-state index is 11.9. The SMILES string of the molecule is CCC(C)C1CC(C(C)(C)C)CCC1=O. The lowest BCUT2D eigenvalue weighted by atomic mass is 9.66. The third-order valence-electron chi connectivity index (χ3n) is 4.25. The van der Waals surface area contributed by atoms with Crippen molar-refractivity contribution >= 4 is 5.78 Å². The van der Waals surface area contributed by atoms with Gasteiger partial charge in [0.05, 0.1) is 0 Å². The van der Waals surface area contributed by atoms with E-state index >= 15 is 0 Å². The first-order chi connectivity index (χ1) is 6.86. The molecule has 0 heterocycles. The highest BCUT2D eigenvalue weighted by Gasteiger charge is 2.36. The van der Waals surface area contributed by atoms with Crippen LogP contribution in [0.25, 0.3) is 0 Å². The summed E-state index contributed by atoms with van der Waals surface area (Å²) in [4.78, 5) is 11.9. The highest BCUT2D eigenvalue weighted by molar-refractivity contribution is 5.82. The molecule has 0 saturated heterocycles. The molecule has 1 saturated carbocycles. The third-order valence-corrected chi connectivity index (χ3v) is 4.25. The first-order valence-electron chi connectivity index (χ1n) is 6.39. The van der Waals surface area contributed by atoms with Crippen molar-refractivity contribution in [3.63, 3.8) is 0 Å². The number of ketones is 1. The maximum Gasteiger partial charge on any atom is 0.136 e. The van der Waals surface area contributed by atoms with Gasteiger partial charge in [-0.1, -0.05) is 41.0 Å². The Kier molecular flexibility index (Phi) is 3.97. The second-order valence-electron chi connectivity index (χ2n) is 6.30. The van der Waals surface area contributed by atoms with Gasteiger partial charge >= 0.3 is 0 Å². The molecule has 1 fully saturated rings. The molecule has 0 radical (unpaired) electrons. The van der Waals surface area contributed by atoms with E-state index in [1.54, 1.807) is 0 Å². The largest absolute Gasteiger partial charge is 0.299 e. The Labute approximate surface area is 94.6 Å². The van der Waals surface area contributed by atoms with Crippen LogP contribution in [-0.2, 0) is 4.79 Å². The van der Waals surface area contributed by atoms with Crippen LogP contribution in [0.2, 0.25) is 0 Å². The molecule has 0 aromatic heterocycles. The van der Waals surface area contributed by atoms with Crippen molar-refractivity contribution in [2.75, 3.05) is 0 Å². The first-order valence-corrected chi connectivity index (χ1v) is 6.39. The summed E-state index contributed by atoms with van der Waals surface area (Å²) in [6, 6.07) is 0. The lowest BCUT2D eigenvalue weighted by Crippen LogP contribution is -2.34. The van der Waals surface area contributed by atoms with E-state index in [9.17, 15) is 4.79 Å². The van der Waals surface area contributed by atoms with Gasteiger partial charge in [0.1, 0.15) is 5.78 Å². The Morgan fingerprint density at radius 1 is 1.40 bits per heavy atom. The van der Waals surface area contributed by atoms with Gasteiger partial charge in [0.25, 0.3) is 0 Å². The standard InChI is InChI=1S/C14H26O/c1-6-10(2)12-9-11(14(3,4)5)7-8-13(12)15/h10-12H,6-9H2,1-5H3. The molecule has 1 heteroatoms. The number of carbonyl (C=O) groups excluding carboxylic acids is 1. The Hall–Kier alpha value is -0.330. The van der Waals surface area contributed by atoms with Gasteiger partial charge < -0.3 is 0 Å².